The summed E-state index contributed by atoms with van der Waals surface area (Å²) in [6.45, 7) is 2.95. The first kappa shape index (κ1) is 14.5. The van der Waals surface area contributed by atoms with Crippen LogP contribution in [0.3, 0.4) is 0 Å². The Hall–Kier alpha value is -1.94. The van der Waals surface area contributed by atoms with E-state index in [2.05, 4.69) is 17.2 Å². The number of benzene rings is 1. The molecule has 0 aliphatic rings. The van der Waals surface area contributed by atoms with E-state index in [-0.39, 0.29) is 11.9 Å². The molecule has 3 nitrogen and oxygen atoms in total. The fourth-order valence-corrected chi connectivity index (χ4v) is 2.10. The molecule has 1 aromatic carbocycles. The molecule has 0 spiro atoms. The smallest absolute Gasteiger partial charge is 0.141 e. The average Bonchev–Trinajstić information content (AvgIpc) is 2.48. The normalized spacial score (nSPS) is 12.2. The van der Waals surface area contributed by atoms with Gasteiger partial charge in [-0.1, -0.05) is 19.1 Å². The van der Waals surface area contributed by atoms with Crippen LogP contribution in [0.4, 0.5) is 4.39 Å². The van der Waals surface area contributed by atoms with Gasteiger partial charge >= 0.3 is 0 Å². The lowest BCUT2D eigenvalue weighted by Gasteiger charge is -2.19. The second-order valence-corrected chi connectivity index (χ2v) is 4.60. The van der Waals surface area contributed by atoms with Gasteiger partial charge in [-0.3, -0.25) is 4.98 Å². The number of halogens is 1. The first-order valence-electron chi connectivity index (χ1n) is 6.72. The van der Waals surface area contributed by atoms with E-state index in [9.17, 15) is 4.39 Å². The summed E-state index contributed by atoms with van der Waals surface area (Å²) in [6, 6.07) is 9.23. The SMILES string of the molecule is CCCNC(c1ccc(OC)cc1)c1cncc(F)c1. The van der Waals surface area contributed by atoms with E-state index in [1.54, 1.807) is 13.3 Å². The predicted molar refractivity (Wildman–Crippen MR) is 77.3 cm³/mol. The summed E-state index contributed by atoms with van der Waals surface area (Å²) < 4.78 is 18.5. The maximum Gasteiger partial charge on any atom is 0.141 e. The molecule has 2 aromatic rings. The summed E-state index contributed by atoms with van der Waals surface area (Å²) >= 11 is 0. The molecule has 1 heterocycles. The highest BCUT2D eigenvalue weighted by Gasteiger charge is 2.14. The van der Waals surface area contributed by atoms with Crippen molar-refractivity contribution in [2.45, 2.75) is 19.4 Å². The lowest BCUT2D eigenvalue weighted by Crippen LogP contribution is -2.23. The van der Waals surface area contributed by atoms with Gasteiger partial charge in [-0.25, -0.2) is 4.39 Å². The Morgan fingerprint density at radius 3 is 2.55 bits per heavy atom. The number of nitrogens with zero attached hydrogens (tertiary/aromatic N) is 1. The minimum absolute atomic E-state index is 0.0657. The molecule has 0 saturated heterocycles. The van der Waals surface area contributed by atoms with Crippen molar-refractivity contribution in [1.82, 2.24) is 10.3 Å². The fourth-order valence-electron chi connectivity index (χ4n) is 2.10. The van der Waals surface area contributed by atoms with Crippen molar-refractivity contribution in [3.05, 3.63) is 59.7 Å². The number of methoxy groups -OCH3 is 1. The van der Waals surface area contributed by atoms with Crippen molar-refractivity contribution in [2.24, 2.45) is 0 Å². The Labute approximate surface area is 118 Å². The maximum absolute atomic E-state index is 13.4. The number of ether oxygens (including phenoxy) is 1. The molecule has 1 unspecified atom stereocenters. The minimum atomic E-state index is -0.320. The van der Waals surface area contributed by atoms with E-state index in [0.717, 1.165) is 29.8 Å². The van der Waals surface area contributed by atoms with Gasteiger partial charge in [0.15, 0.2) is 0 Å². The number of rotatable bonds is 6. The number of hydrogen-bond acceptors (Lipinski definition) is 3. The van der Waals surface area contributed by atoms with Crippen molar-refractivity contribution >= 4 is 0 Å². The summed E-state index contributed by atoms with van der Waals surface area (Å²) in [5, 5.41) is 3.42. The number of pyridine rings is 1. The highest BCUT2D eigenvalue weighted by molar-refractivity contribution is 5.34. The number of hydrogen-bond donors (Lipinski definition) is 1. The largest absolute Gasteiger partial charge is 0.497 e. The van der Waals surface area contributed by atoms with Gasteiger partial charge < -0.3 is 10.1 Å². The molecule has 4 heteroatoms. The van der Waals surface area contributed by atoms with Crippen LogP contribution in [0, 0.1) is 5.82 Å². The summed E-state index contributed by atoms with van der Waals surface area (Å²) in [5.41, 5.74) is 1.88. The monoisotopic (exact) mass is 274 g/mol. The van der Waals surface area contributed by atoms with Crippen LogP contribution < -0.4 is 10.1 Å². The van der Waals surface area contributed by atoms with Gasteiger partial charge in [0.2, 0.25) is 0 Å². The maximum atomic E-state index is 13.4. The van der Waals surface area contributed by atoms with Crippen LogP contribution >= 0.6 is 0 Å². The predicted octanol–water partition coefficient (Wildman–Crippen LogP) is 3.32. The van der Waals surface area contributed by atoms with Crippen LogP contribution in [0.15, 0.2) is 42.7 Å². The fraction of sp³-hybridized carbons (Fsp3) is 0.312. The third-order valence-corrected chi connectivity index (χ3v) is 3.11. The Bertz CT molecular complexity index is 542. The molecule has 106 valence electrons. The lowest BCUT2D eigenvalue weighted by atomic mass is 10.00. The lowest BCUT2D eigenvalue weighted by molar-refractivity contribution is 0.414. The van der Waals surface area contributed by atoms with E-state index in [1.807, 2.05) is 24.3 Å². The molecule has 0 saturated carbocycles. The molecule has 2 rings (SSSR count). The zero-order valence-corrected chi connectivity index (χ0v) is 11.8. The van der Waals surface area contributed by atoms with Gasteiger partial charge in [0.1, 0.15) is 11.6 Å². The van der Waals surface area contributed by atoms with E-state index in [1.165, 1.54) is 12.3 Å². The highest BCUT2D eigenvalue weighted by Crippen LogP contribution is 2.24. The molecule has 1 aromatic heterocycles. The Morgan fingerprint density at radius 1 is 1.20 bits per heavy atom. The van der Waals surface area contributed by atoms with Gasteiger partial charge in [0.05, 0.1) is 19.3 Å². The third-order valence-electron chi connectivity index (χ3n) is 3.11. The molecular formula is C16H19FN2O. The molecule has 0 fully saturated rings. The van der Waals surface area contributed by atoms with E-state index < -0.39 is 0 Å². The first-order chi connectivity index (χ1) is 9.74. The van der Waals surface area contributed by atoms with Crippen LogP contribution in [0.5, 0.6) is 5.75 Å². The summed E-state index contributed by atoms with van der Waals surface area (Å²) in [7, 11) is 1.64. The van der Waals surface area contributed by atoms with E-state index in [0.29, 0.717) is 0 Å². The van der Waals surface area contributed by atoms with Gasteiger partial charge in [-0.05, 0) is 42.3 Å². The molecule has 0 amide bonds. The Morgan fingerprint density at radius 2 is 1.95 bits per heavy atom. The summed E-state index contributed by atoms with van der Waals surface area (Å²) in [6.07, 6.45) is 3.92. The van der Waals surface area contributed by atoms with Gasteiger partial charge in [-0.15, -0.1) is 0 Å². The topological polar surface area (TPSA) is 34.1 Å². The van der Waals surface area contributed by atoms with E-state index >= 15 is 0 Å². The average molecular weight is 274 g/mol. The summed E-state index contributed by atoms with van der Waals surface area (Å²) in [4.78, 5) is 3.93. The first-order valence-corrected chi connectivity index (χ1v) is 6.72. The minimum Gasteiger partial charge on any atom is -0.497 e. The quantitative estimate of drug-likeness (QED) is 0.877. The Kier molecular flexibility index (Phi) is 5.07. The molecule has 1 N–H and O–H groups in total. The number of nitrogens with one attached hydrogen (secondary N) is 1. The zero-order chi connectivity index (χ0) is 14.4. The van der Waals surface area contributed by atoms with Crippen LogP contribution in [-0.4, -0.2) is 18.6 Å². The van der Waals surface area contributed by atoms with Crippen LogP contribution in [0.2, 0.25) is 0 Å². The molecular weight excluding hydrogens is 255 g/mol. The van der Waals surface area contributed by atoms with Crippen LogP contribution in [0.1, 0.15) is 30.5 Å². The third kappa shape index (κ3) is 3.54. The Balaban J connectivity index is 2.30. The standard InChI is InChI=1S/C16H19FN2O/c1-3-8-19-16(13-9-14(17)11-18-10-13)12-4-6-15(20-2)7-5-12/h4-7,9-11,16,19H,3,8H2,1-2H3. The zero-order valence-electron chi connectivity index (χ0n) is 11.8. The van der Waals surface area contributed by atoms with Crippen molar-refractivity contribution < 1.29 is 9.13 Å². The molecule has 0 bridgehead atoms. The number of aromatic nitrogens is 1. The molecule has 20 heavy (non-hydrogen) atoms. The van der Waals surface area contributed by atoms with Crippen LogP contribution in [0.25, 0.3) is 0 Å². The van der Waals surface area contributed by atoms with E-state index in [4.69, 9.17) is 4.74 Å². The van der Waals surface area contributed by atoms with Crippen molar-refractivity contribution in [1.29, 1.82) is 0 Å². The molecule has 0 aliphatic carbocycles. The van der Waals surface area contributed by atoms with Crippen molar-refractivity contribution in [2.75, 3.05) is 13.7 Å². The van der Waals surface area contributed by atoms with Crippen molar-refractivity contribution in [3.8, 4) is 5.75 Å². The molecule has 0 aliphatic heterocycles. The van der Waals surface area contributed by atoms with Gasteiger partial charge in [-0.2, -0.15) is 0 Å². The van der Waals surface area contributed by atoms with Gasteiger partial charge in [0.25, 0.3) is 0 Å². The molecule has 0 radical (unpaired) electrons. The second-order valence-electron chi connectivity index (χ2n) is 4.60. The highest BCUT2D eigenvalue weighted by atomic mass is 19.1. The van der Waals surface area contributed by atoms with Crippen molar-refractivity contribution in [3.63, 3.8) is 0 Å². The second kappa shape index (κ2) is 7.01. The summed E-state index contributed by atoms with van der Waals surface area (Å²) in [5.74, 6) is 0.486. The van der Waals surface area contributed by atoms with Gasteiger partial charge in [0, 0.05) is 6.20 Å². The molecule has 1 atom stereocenters. The van der Waals surface area contributed by atoms with Crippen LogP contribution in [-0.2, 0) is 0 Å².